The molecule has 0 spiro atoms. The highest BCUT2D eigenvalue weighted by Crippen LogP contribution is 2.25. The lowest BCUT2D eigenvalue weighted by molar-refractivity contribution is 0.0518. The number of hydrogen-bond donors (Lipinski definition) is 1. The topological polar surface area (TPSA) is 59.2 Å². The summed E-state index contributed by atoms with van der Waals surface area (Å²) >= 11 is 0. The largest absolute Gasteiger partial charge is 0.461 e. The minimum atomic E-state index is -0.494. The lowest BCUT2D eigenvalue weighted by atomic mass is 10.0. The van der Waals surface area contributed by atoms with Crippen molar-refractivity contribution in [3.05, 3.63) is 35.0 Å². The number of ether oxygens (including phenoxy) is 1. The second kappa shape index (κ2) is 5.26. The third kappa shape index (κ3) is 2.38. The van der Waals surface area contributed by atoms with E-state index in [0.717, 1.165) is 16.5 Å². The molecular formula is C15H17NO3. The number of H-pyrrole nitrogens is 1. The smallest absolute Gasteiger partial charge is 0.355 e. The Morgan fingerprint density at radius 1 is 1.42 bits per heavy atom. The van der Waals surface area contributed by atoms with Crippen LogP contribution < -0.4 is 0 Å². The number of aldehydes is 1. The zero-order valence-corrected chi connectivity index (χ0v) is 11.3. The Labute approximate surface area is 111 Å². The van der Waals surface area contributed by atoms with Gasteiger partial charge in [0.05, 0.1) is 12.2 Å². The van der Waals surface area contributed by atoms with Crippen molar-refractivity contribution < 1.29 is 14.3 Å². The number of aromatic nitrogens is 1. The average Bonchev–Trinajstić information content (AvgIpc) is 2.76. The van der Waals surface area contributed by atoms with Crippen molar-refractivity contribution in [2.24, 2.45) is 0 Å². The van der Waals surface area contributed by atoms with Gasteiger partial charge in [-0.15, -0.1) is 0 Å². The predicted molar refractivity (Wildman–Crippen MR) is 73.7 cm³/mol. The van der Waals surface area contributed by atoms with Gasteiger partial charge in [0, 0.05) is 10.9 Å². The van der Waals surface area contributed by atoms with E-state index in [-0.39, 0.29) is 12.3 Å². The van der Waals surface area contributed by atoms with Gasteiger partial charge in [-0.1, -0.05) is 26.0 Å². The molecule has 2 aromatic rings. The van der Waals surface area contributed by atoms with Crippen molar-refractivity contribution in [2.45, 2.75) is 26.7 Å². The molecule has 4 heteroatoms. The summed E-state index contributed by atoms with van der Waals surface area (Å²) in [6.45, 7) is 6.20. The van der Waals surface area contributed by atoms with Crippen LogP contribution in [0.1, 0.15) is 53.1 Å². The van der Waals surface area contributed by atoms with E-state index in [0.29, 0.717) is 17.8 Å². The summed E-state index contributed by atoms with van der Waals surface area (Å²) in [5.74, 6) is -0.106. The Morgan fingerprint density at radius 3 is 2.74 bits per heavy atom. The molecule has 1 N–H and O–H groups in total. The fourth-order valence-electron chi connectivity index (χ4n) is 2.08. The molecule has 0 saturated heterocycles. The number of carbonyl (C=O) groups is 2. The molecule has 0 aliphatic heterocycles. The van der Waals surface area contributed by atoms with Crippen LogP contribution in [0.2, 0.25) is 0 Å². The van der Waals surface area contributed by atoms with Gasteiger partial charge in [-0.05, 0) is 24.5 Å². The SMILES string of the molecule is CCOC(=O)c1[nH]c2cc(C(C)C)ccc2c1C=O. The first-order valence-electron chi connectivity index (χ1n) is 6.36. The third-order valence-electron chi connectivity index (χ3n) is 3.13. The fourth-order valence-corrected chi connectivity index (χ4v) is 2.08. The Kier molecular flexibility index (Phi) is 3.69. The summed E-state index contributed by atoms with van der Waals surface area (Å²) in [6, 6.07) is 5.81. The summed E-state index contributed by atoms with van der Waals surface area (Å²) < 4.78 is 4.95. The Morgan fingerprint density at radius 2 is 2.16 bits per heavy atom. The van der Waals surface area contributed by atoms with Crippen molar-refractivity contribution in [2.75, 3.05) is 6.61 Å². The van der Waals surface area contributed by atoms with Gasteiger partial charge in [0.2, 0.25) is 0 Å². The lowest BCUT2D eigenvalue weighted by Gasteiger charge is -2.04. The number of nitrogens with one attached hydrogen (secondary N) is 1. The zero-order chi connectivity index (χ0) is 14.0. The highest BCUT2D eigenvalue weighted by Gasteiger charge is 2.18. The molecule has 1 aromatic carbocycles. The maximum absolute atomic E-state index is 11.8. The zero-order valence-electron chi connectivity index (χ0n) is 11.3. The van der Waals surface area contributed by atoms with Crippen molar-refractivity contribution in [1.29, 1.82) is 0 Å². The van der Waals surface area contributed by atoms with E-state index >= 15 is 0 Å². The molecule has 0 unspecified atom stereocenters. The summed E-state index contributed by atoms with van der Waals surface area (Å²) in [6.07, 6.45) is 0.695. The molecule has 0 radical (unpaired) electrons. The first-order valence-corrected chi connectivity index (χ1v) is 6.36. The second-order valence-electron chi connectivity index (χ2n) is 4.71. The monoisotopic (exact) mass is 259 g/mol. The molecule has 0 bridgehead atoms. The number of benzene rings is 1. The van der Waals surface area contributed by atoms with Crippen molar-refractivity contribution in [1.82, 2.24) is 4.98 Å². The Hall–Kier alpha value is -2.10. The Bertz CT molecular complexity index is 626. The number of aromatic amines is 1. The van der Waals surface area contributed by atoms with Crippen LogP contribution in [-0.2, 0) is 4.74 Å². The minimum absolute atomic E-state index is 0.229. The van der Waals surface area contributed by atoms with Crippen molar-refractivity contribution in [3.8, 4) is 0 Å². The number of carbonyl (C=O) groups excluding carboxylic acids is 2. The maximum Gasteiger partial charge on any atom is 0.355 e. The first-order chi connectivity index (χ1) is 9.08. The number of rotatable bonds is 4. The van der Waals surface area contributed by atoms with Crippen LogP contribution in [-0.4, -0.2) is 23.8 Å². The van der Waals surface area contributed by atoms with Gasteiger partial charge in [0.25, 0.3) is 0 Å². The van der Waals surface area contributed by atoms with Crippen LogP contribution in [0.25, 0.3) is 10.9 Å². The summed E-state index contributed by atoms with van der Waals surface area (Å²) in [7, 11) is 0. The van der Waals surface area contributed by atoms with E-state index < -0.39 is 5.97 Å². The van der Waals surface area contributed by atoms with Crippen molar-refractivity contribution >= 4 is 23.2 Å². The molecule has 0 aliphatic carbocycles. The van der Waals surface area contributed by atoms with Gasteiger partial charge < -0.3 is 9.72 Å². The summed E-state index contributed by atoms with van der Waals surface area (Å²) in [4.78, 5) is 26.0. The maximum atomic E-state index is 11.8. The average molecular weight is 259 g/mol. The van der Waals surface area contributed by atoms with E-state index in [1.165, 1.54) is 0 Å². The molecule has 0 aliphatic rings. The van der Waals surface area contributed by atoms with E-state index in [9.17, 15) is 9.59 Å². The van der Waals surface area contributed by atoms with Gasteiger partial charge in [0.15, 0.2) is 6.29 Å². The van der Waals surface area contributed by atoms with Crippen molar-refractivity contribution in [3.63, 3.8) is 0 Å². The molecule has 0 saturated carbocycles. The number of esters is 1. The van der Waals surface area contributed by atoms with Crippen LogP contribution in [0.4, 0.5) is 0 Å². The highest BCUT2D eigenvalue weighted by molar-refractivity contribution is 6.08. The lowest BCUT2D eigenvalue weighted by Crippen LogP contribution is -2.07. The molecule has 19 heavy (non-hydrogen) atoms. The predicted octanol–water partition coefficient (Wildman–Crippen LogP) is 3.28. The second-order valence-corrected chi connectivity index (χ2v) is 4.71. The van der Waals surface area contributed by atoms with Crippen LogP contribution in [0.3, 0.4) is 0 Å². The van der Waals surface area contributed by atoms with Gasteiger partial charge >= 0.3 is 5.97 Å². The molecule has 1 aromatic heterocycles. The summed E-state index contributed by atoms with van der Waals surface area (Å²) in [5.41, 5.74) is 2.54. The fraction of sp³-hybridized carbons (Fsp3) is 0.333. The van der Waals surface area contributed by atoms with Gasteiger partial charge in [0.1, 0.15) is 5.69 Å². The molecular weight excluding hydrogens is 242 g/mol. The molecule has 0 fully saturated rings. The normalized spacial score (nSPS) is 10.9. The molecule has 100 valence electrons. The Balaban J connectivity index is 2.59. The standard InChI is InChI=1S/C15H17NO3/c1-4-19-15(18)14-12(8-17)11-6-5-10(9(2)3)7-13(11)16-14/h5-9,16H,4H2,1-3H3. The van der Waals surface area contributed by atoms with E-state index in [1.807, 2.05) is 18.2 Å². The quantitative estimate of drug-likeness (QED) is 0.677. The van der Waals surface area contributed by atoms with E-state index in [4.69, 9.17) is 4.74 Å². The van der Waals surface area contributed by atoms with Gasteiger partial charge in [-0.3, -0.25) is 4.79 Å². The van der Waals surface area contributed by atoms with E-state index in [1.54, 1.807) is 6.92 Å². The van der Waals surface area contributed by atoms with Crippen LogP contribution in [0, 0.1) is 0 Å². The number of fused-ring (bicyclic) bond motifs is 1. The molecule has 0 amide bonds. The number of hydrogen-bond acceptors (Lipinski definition) is 3. The summed E-state index contributed by atoms with van der Waals surface area (Å²) in [5, 5.41) is 0.752. The molecule has 2 rings (SSSR count). The highest BCUT2D eigenvalue weighted by atomic mass is 16.5. The van der Waals surface area contributed by atoms with E-state index in [2.05, 4.69) is 18.8 Å². The van der Waals surface area contributed by atoms with Gasteiger partial charge in [-0.25, -0.2) is 4.79 Å². The molecule has 4 nitrogen and oxygen atoms in total. The molecule has 1 heterocycles. The third-order valence-corrected chi connectivity index (χ3v) is 3.13. The van der Waals surface area contributed by atoms with Crippen LogP contribution in [0.15, 0.2) is 18.2 Å². The van der Waals surface area contributed by atoms with Crippen LogP contribution >= 0.6 is 0 Å². The minimum Gasteiger partial charge on any atom is -0.461 e. The first kappa shape index (κ1) is 13.3. The molecule has 0 atom stereocenters. The van der Waals surface area contributed by atoms with Crippen LogP contribution in [0.5, 0.6) is 0 Å². The van der Waals surface area contributed by atoms with Gasteiger partial charge in [-0.2, -0.15) is 0 Å².